The highest BCUT2D eigenvalue weighted by atomic mass is 32.2. The lowest BCUT2D eigenvalue weighted by Gasteiger charge is -2.39. The molecular formula is C44H28B2O4S2. The highest BCUT2D eigenvalue weighted by molar-refractivity contribution is 8.00. The van der Waals surface area contributed by atoms with E-state index in [0.29, 0.717) is 0 Å². The molecule has 4 aliphatic heterocycles. The average molecular weight is 706 g/mol. The largest absolute Gasteiger partial charge is 0.458 e. The molecule has 7 aromatic rings. The van der Waals surface area contributed by atoms with Crippen LogP contribution in [0.2, 0.25) is 0 Å². The van der Waals surface area contributed by atoms with Crippen molar-refractivity contribution in [2.45, 2.75) is 33.4 Å². The number of benzene rings is 7. The molecule has 4 heterocycles. The first-order chi connectivity index (χ1) is 25.6. The molecule has 11 rings (SSSR count). The van der Waals surface area contributed by atoms with Crippen molar-refractivity contribution in [1.29, 1.82) is 0 Å². The van der Waals surface area contributed by atoms with Crippen molar-refractivity contribution in [2.24, 2.45) is 0 Å². The molecule has 0 aromatic heterocycles. The highest BCUT2D eigenvalue weighted by Crippen LogP contribution is 2.46. The third kappa shape index (κ3) is 4.54. The molecule has 0 aliphatic carbocycles. The number of fused-ring (bicyclic) bond motifs is 8. The molecule has 0 amide bonds. The summed E-state index contributed by atoms with van der Waals surface area (Å²) in [5.74, 6) is 6.44. The predicted octanol–water partition coefficient (Wildman–Crippen LogP) is 8.06. The molecule has 0 atom stereocenters. The summed E-state index contributed by atoms with van der Waals surface area (Å²) < 4.78 is 26.9. The molecule has 0 radical (unpaired) electrons. The number of rotatable bonds is 4. The molecule has 52 heavy (non-hydrogen) atoms. The van der Waals surface area contributed by atoms with E-state index >= 15 is 0 Å². The third-order valence-corrected chi connectivity index (χ3v) is 12.9. The zero-order chi connectivity index (χ0) is 34.5. The first kappa shape index (κ1) is 30.2. The van der Waals surface area contributed by atoms with Crippen LogP contribution in [-0.2, 0) is 0 Å². The Balaban J connectivity index is 1.13. The summed E-state index contributed by atoms with van der Waals surface area (Å²) in [5.41, 5.74) is 9.60. The van der Waals surface area contributed by atoms with E-state index in [4.69, 9.17) is 18.9 Å². The Kier molecular flexibility index (Phi) is 6.71. The maximum Gasteiger partial charge on any atom is 0.254 e. The van der Waals surface area contributed by atoms with E-state index in [1.54, 1.807) is 23.5 Å². The first-order valence-electron chi connectivity index (χ1n) is 17.5. The summed E-state index contributed by atoms with van der Waals surface area (Å²) in [5, 5.41) is 0. The van der Waals surface area contributed by atoms with Crippen molar-refractivity contribution < 1.29 is 18.9 Å². The Hall–Kier alpha value is -5.43. The van der Waals surface area contributed by atoms with Gasteiger partial charge in [0.05, 0.1) is 0 Å². The minimum Gasteiger partial charge on any atom is -0.458 e. The molecule has 8 heteroatoms. The van der Waals surface area contributed by atoms with Gasteiger partial charge in [-0.05, 0) is 84.2 Å². The van der Waals surface area contributed by atoms with Gasteiger partial charge in [0.1, 0.15) is 46.0 Å². The van der Waals surface area contributed by atoms with E-state index in [0.717, 1.165) is 61.4 Å². The standard InChI is InChI=1S/C44H28B2O4S2/c1-25-39-43(49-33-21-29(47-27-13-5-3-6-14-27)23-37-41(33)45(39)31-17-9-11-19-35(31)51-37)26(2)44-40(25)46-32-18-10-12-20-36(32)52-38-24-30(22-34(50-44)42(38)46)48-28-15-7-4-8-16-28/h3-24H,1-2H3. The van der Waals surface area contributed by atoms with Gasteiger partial charge in [0, 0.05) is 37.3 Å². The number of hydrogen-bond donors (Lipinski definition) is 0. The fraction of sp³-hybridized carbons (Fsp3) is 0.0455. The van der Waals surface area contributed by atoms with Gasteiger partial charge in [0.25, 0.3) is 13.4 Å². The second-order valence-electron chi connectivity index (χ2n) is 13.6. The van der Waals surface area contributed by atoms with Gasteiger partial charge in [0.15, 0.2) is 0 Å². The Morgan fingerprint density at radius 2 is 0.846 bits per heavy atom. The van der Waals surface area contributed by atoms with Crippen molar-refractivity contribution in [3.05, 3.63) is 145 Å². The molecule has 0 spiro atoms. The van der Waals surface area contributed by atoms with Crippen LogP contribution < -0.4 is 51.7 Å². The smallest absolute Gasteiger partial charge is 0.254 e. The van der Waals surface area contributed by atoms with E-state index in [1.807, 2.05) is 60.7 Å². The van der Waals surface area contributed by atoms with Crippen LogP contribution in [0.4, 0.5) is 0 Å². The van der Waals surface area contributed by atoms with Gasteiger partial charge in [-0.25, -0.2) is 0 Å². The molecule has 7 aromatic carbocycles. The topological polar surface area (TPSA) is 36.9 Å². The molecule has 4 nitrogen and oxygen atoms in total. The van der Waals surface area contributed by atoms with E-state index in [2.05, 4.69) is 86.6 Å². The van der Waals surface area contributed by atoms with Crippen LogP contribution in [0.15, 0.2) is 153 Å². The fourth-order valence-electron chi connectivity index (χ4n) is 8.37. The molecule has 0 saturated heterocycles. The van der Waals surface area contributed by atoms with Gasteiger partial charge < -0.3 is 18.9 Å². The Morgan fingerprint density at radius 1 is 0.423 bits per heavy atom. The molecule has 246 valence electrons. The lowest BCUT2D eigenvalue weighted by molar-refractivity contribution is 0.444. The van der Waals surface area contributed by atoms with Gasteiger partial charge in [0.2, 0.25) is 0 Å². The zero-order valence-corrected chi connectivity index (χ0v) is 29.9. The second-order valence-corrected chi connectivity index (χ2v) is 15.7. The summed E-state index contributed by atoms with van der Waals surface area (Å²) in [4.78, 5) is 4.81. The lowest BCUT2D eigenvalue weighted by Crippen LogP contribution is -2.63. The summed E-state index contributed by atoms with van der Waals surface area (Å²) in [7, 11) is 0. The second kappa shape index (κ2) is 11.5. The van der Waals surface area contributed by atoms with Gasteiger partial charge in [-0.15, -0.1) is 0 Å². The van der Waals surface area contributed by atoms with Crippen LogP contribution in [0.5, 0.6) is 46.0 Å². The maximum absolute atomic E-state index is 7.06. The molecular weight excluding hydrogens is 678 g/mol. The van der Waals surface area contributed by atoms with E-state index in [9.17, 15) is 0 Å². The maximum atomic E-state index is 7.06. The van der Waals surface area contributed by atoms with E-state index in [1.165, 1.54) is 48.1 Å². The monoisotopic (exact) mass is 706 g/mol. The summed E-state index contributed by atoms with van der Waals surface area (Å²) in [6.45, 7) is 4.41. The van der Waals surface area contributed by atoms with E-state index in [-0.39, 0.29) is 13.4 Å². The van der Waals surface area contributed by atoms with Crippen molar-refractivity contribution in [3.63, 3.8) is 0 Å². The van der Waals surface area contributed by atoms with Crippen LogP contribution in [0, 0.1) is 13.8 Å². The SMILES string of the molecule is Cc1c2c(c(C)c3c1Oc1cc(Oc4ccccc4)cc4c1B3c1ccccc1S4)B1c3ccccc3Sc3cc(Oc4ccccc4)cc(c31)O2. The van der Waals surface area contributed by atoms with Gasteiger partial charge >= 0.3 is 0 Å². The molecule has 0 saturated carbocycles. The first-order valence-corrected chi connectivity index (χ1v) is 19.1. The minimum atomic E-state index is -0.00306. The Labute approximate surface area is 311 Å². The quantitative estimate of drug-likeness (QED) is 0.173. The predicted molar refractivity (Wildman–Crippen MR) is 212 cm³/mol. The molecule has 4 aliphatic rings. The van der Waals surface area contributed by atoms with Crippen molar-refractivity contribution in [2.75, 3.05) is 0 Å². The zero-order valence-electron chi connectivity index (χ0n) is 28.3. The van der Waals surface area contributed by atoms with Gasteiger partial charge in [-0.2, -0.15) is 0 Å². The number of hydrogen-bond acceptors (Lipinski definition) is 6. The highest BCUT2D eigenvalue weighted by Gasteiger charge is 2.47. The van der Waals surface area contributed by atoms with Gasteiger partial charge in [-0.3, -0.25) is 0 Å². The molecule has 0 unspecified atom stereocenters. The summed E-state index contributed by atoms with van der Waals surface area (Å²) in [6.07, 6.45) is 0. The molecule has 0 bridgehead atoms. The van der Waals surface area contributed by atoms with Crippen molar-refractivity contribution >= 4 is 69.7 Å². The minimum absolute atomic E-state index is 0.00306. The van der Waals surface area contributed by atoms with Gasteiger partial charge in [-0.1, -0.05) is 113 Å². The van der Waals surface area contributed by atoms with Crippen molar-refractivity contribution in [1.82, 2.24) is 0 Å². The summed E-state index contributed by atoms with van der Waals surface area (Å²) in [6, 6.07) is 45.9. The van der Waals surface area contributed by atoms with Crippen LogP contribution in [0.3, 0.4) is 0 Å². The summed E-state index contributed by atoms with van der Waals surface area (Å²) >= 11 is 3.58. The van der Waals surface area contributed by atoms with Crippen LogP contribution in [-0.4, -0.2) is 13.4 Å². The number of ether oxygens (including phenoxy) is 4. The molecule has 0 N–H and O–H groups in total. The average Bonchev–Trinajstić information content (AvgIpc) is 3.17. The van der Waals surface area contributed by atoms with Crippen LogP contribution in [0.25, 0.3) is 0 Å². The molecule has 0 fully saturated rings. The lowest BCUT2D eigenvalue weighted by atomic mass is 9.31. The number of para-hydroxylation sites is 2. The van der Waals surface area contributed by atoms with E-state index < -0.39 is 0 Å². The van der Waals surface area contributed by atoms with Crippen LogP contribution >= 0.6 is 23.5 Å². The third-order valence-electron chi connectivity index (χ3n) is 10.6. The van der Waals surface area contributed by atoms with Crippen LogP contribution in [0.1, 0.15) is 11.1 Å². The normalized spacial score (nSPS) is 13.7. The Bertz CT molecular complexity index is 2450. The fourth-order valence-corrected chi connectivity index (χ4v) is 10.8. The Morgan fingerprint density at radius 3 is 1.31 bits per heavy atom. The van der Waals surface area contributed by atoms with Crippen molar-refractivity contribution in [3.8, 4) is 46.0 Å².